The molecule has 1 aromatic heterocycles. The van der Waals surface area contributed by atoms with Crippen LogP contribution in [0, 0.1) is 0 Å². The smallest absolute Gasteiger partial charge is 0.244 e. The minimum Gasteiger partial charge on any atom is -0.301 e. The molecule has 1 aliphatic rings. The van der Waals surface area contributed by atoms with Gasteiger partial charge in [-0.15, -0.1) is 0 Å². The number of anilines is 1. The Bertz CT molecular complexity index is 1110. The van der Waals surface area contributed by atoms with Crippen molar-refractivity contribution in [2.75, 3.05) is 32.2 Å². The van der Waals surface area contributed by atoms with Crippen molar-refractivity contribution in [3.8, 4) is 0 Å². The van der Waals surface area contributed by atoms with E-state index in [4.69, 9.17) is 0 Å². The molecule has 28 heavy (non-hydrogen) atoms. The summed E-state index contributed by atoms with van der Waals surface area (Å²) in [5.74, 6) is -0.426. The number of aromatic nitrogens is 1. The highest BCUT2D eigenvalue weighted by Gasteiger charge is 2.34. The lowest BCUT2D eigenvalue weighted by atomic mass is 10.0. The third-order valence-corrected chi connectivity index (χ3v) is 8.58. The Morgan fingerprint density at radius 1 is 1.25 bits per heavy atom. The van der Waals surface area contributed by atoms with Gasteiger partial charge in [0.05, 0.1) is 21.4 Å². The topological polar surface area (TPSA) is 117 Å². The molecular formula is C16H22N4O5S3. The molecular weight excluding hydrogens is 424 g/mol. The summed E-state index contributed by atoms with van der Waals surface area (Å²) < 4.78 is 51.4. The summed E-state index contributed by atoms with van der Waals surface area (Å²) in [6.45, 7) is 0.322. The second kappa shape index (κ2) is 7.67. The maximum atomic E-state index is 12.7. The minimum absolute atomic E-state index is 0.141. The Morgan fingerprint density at radius 2 is 1.96 bits per heavy atom. The van der Waals surface area contributed by atoms with Crippen molar-refractivity contribution in [3.63, 3.8) is 0 Å². The first-order valence-electron chi connectivity index (χ1n) is 8.61. The molecule has 1 fully saturated rings. The third kappa shape index (κ3) is 4.20. The zero-order chi connectivity index (χ0) is 20.7. The molecule has 0 unspecified atom stereocenters. The van der Waals surface area contributed by atoms with E-state index in [1.165, 1.54) is 30.5 Å². The lowest BCUT2D eigenvalue weighted by Crippen LogP contribution is -2.49. The molecule has 1 saturated heterocycles. The fraction of sp³-hybridized carbons (Fsp3) is 0.500. The highest BCUT2D eigenvalue weighted by atomic mass is 32.2. The molecule has 1 aliphatic heterocycles. The van der Waals surface area contributed by atoms with Gasteiger partial charge < -0.3 is 5.32 Å². The van der Waals surface area contributed by atoms with Crippen LogP contribution in [0.4, 0.5) is 5.13 Å². The van der Waals surface area contributed by atoms with Gasteiger partial charge in [0.1, 0.15) is 6.04 Å². The van der Waals surface area contributed by atoms with E-state index in [9.17, 15) is 21.6 Å². The van der Waals surface area contributed by atoms with Crippen molar-refractivity contribution in [2.45, 2.75) is 30.2 Å². The van der Waals surface area contributed by atoms with E-state index in [2.05, 4.69) is 10.3 Å². The predicted molar refractivity (Wildman–Crippen MR) is 108 cm³/mol. The average Bonchev–Trinajstić information content (AvgIpc) is 3.02. The molecule has 154 valence electrons. The quantitative estimate of drug-likeness (QED) is 0.740. The second-order valence-electron chi connectivity index (χ2n) is 6.81. The van der Waals surface area contributed by atoms with E-state index in [-0.39, 0.29) is 4.90 Å². The van der Waals surface area contributed by atoms with Crippen LogP contribution in [-0.2, 0) is 24.8 Å². The molecule has 2 aromatic rings. The van der Waals surface area contributed by atoms with Crippen LogP contribution < -0.4 is 5.32 Å². The molecule has 0 aliphatic carbocycles. The first-order chi connectivity index (χ1) is 13.0. The van der Waals surface area contributed by atoms with Crippen molar-refractivity contribution in [3.05, 3.63) is 18.2 Å². The summed E-state index contributed by atoms with van der Waals surface area (Å²) >= 11 is 1.15. The summed E-state index contributed by atoms with van der Waals surface area (Å²) in [4.78, 5) is 17.1. The number of hydrogen-bond acceptors (Lipinski definition) is 7. The predicted octanol–water partition coefficient (Wildman–Crippen LogP) is 1.30. The highest BCUT2D eigenvalue weighted by molar-refractivity contribution is 7.89. The fourth-order valence-corrected chi connectivity index (χ4v) is 6.12. The summed E-state index contributed by atoms with van der Waals surface area (Å²) in [7, 11) is -4.15. The first-order valence-corrected chi connectivity index (χ1v) is 12.7. The zero-order valence-electron chi connectivity index (χ0n) is 15.7. The summed E-state index contributed by atoms with van der Waals surface area (Å²) in [5, 5.41) is 2.99. The molecule has 1 amide bonds. The molecule has 1 atom stereocenters. The van der Waals surface area contributed by atoms with Crippen LogP contribution in [0.15, 0.2) is 23.1 Å². The molecule has 12 heteroatoms. The van der Waals surface area contributed by atoms with Crippen LogP contribution in [0.25, 0.3) is 10.2 Å². The average molecular weight is 447 g/mol. The van der Waals surface area contributed by atoms with E-state index in [1.54, 1.807) is 6.07 Å². The number of carbonyl (C=O) groups excluding carboxylic acids is 1. The third-order valence-electron chi connectivity index (χ3n) is 4.55. The van der Waals surface area contributed by atoms with Gasteiger partial charge in [0.2, 0.25) is 26.0 Å². The molecule has 0 bridgehead atoms. The number of fused-ring (bicyclic) bond motifs is 1. The van der Waals surface area contributed by atoms with Gasteiger partial charge in [0, 0.05) is 20.6 Å². The number of carbonyl (C=O) groups is 1. The zero-order valence-corrected chi connectivity index (χ0v) is 18.2. The van der Waals surface area contributed by atoms with Gasteiger partial charge >= 0.3 is 0 Å². The van der Waals surface area contributed by atoms with Crippen molar-refractivity contribution in [1.29, 1.82) is 0 Å². The first kappa shape index (κ1) is 21.1. The summed E-state index contributed by atoms with van der Waals surface area (Å²) in [6, 6.07) is 3.80. The lowest BCUT2D eigenvalue weighted by Gasteiger charge is -2.32. The fourth-order valence-electron chi connectivity index (χ4n) is 3.08. The van der Waals surface area contributed by atoms with E-state index in [0.717, 1.165) is 34.7 Å². The van der Waals surface area contributed by atoms with E-state index < -0.39 is 32.0 Å². The Kier molecular flexibility index (Phi) is 5.79. The SMILES string of the molecule is CN(C)S(=O)(=O)c1ccc2nc(NC(=O)[C@@H]3CCCCN3S(C)(=O)=O)sc2c1. The normalized spacial score (nSPS) is 19.2. The molecule has 2 heterocycles. The molecule has 3 rings (SSSR count). The van der Waals surface area contributed by atoms with Crippen molar-refractivity contribution >= 4 is 52.6 Å². The minimum atomic E-state index is -3.57. The van der Waals surface area contributed by atoms with Gasteiger partial charge in [-0.05, 0) is 31.0 Å². The van der Waals surface area contributed by atoms with Crippen LogP contribution in [0.1, 0.15) is 19.3 Å². The van der Waals surface area contributed by atoms with Gasteiger partial charge in [0.15, 0.2) is 5.13 Å². The summed E-state index contributed by atoms with van der Waals surface area (Å²) in [5.41, 5.74) is 0.557. The van der Waals surface area contributed by atoms with Crippen LogP contribution in [0.3, 0.4) is 0 Å². The van der Waals surface area contributed by atoms with E-state index in [0.29, 0.717) is 28.3 Å². The van der Waals surface area contributed by atoms with Gasteiger partial charge in [-0.3, -0.25) is 4.79 Å². The van der Waals surface area contributed by atoms with Crippen LogP contribution in [0.5, 0.6) is 0 Å². The molecule has 0 spiro atoms. The number of benzene rings is 1. The maximum Gasteiger partial charge on any atom is 0.244 e. The largest absolute Gasteiger partial charge is 0.301 e. The molecule has 0 saturated carbocycles. The van der Waals surface area contributed by atoms with Gasteiger partial charge in [-0.25, -0.2) is 26.1 Å². The lowest BCUT2D eigenvalue weighted by molar-refractivity contribution is -0.120. The highest BCUT2D eigenvalue weighted by Crippen LogP contribution is 2.30. The van der Waals surface area contributed by atoms with Gasteiger partial charge in [-0.1, -0.05) is 17.8 Å². The number of nitrogens with zero attached hydrogens (tertiary/aromatic N) is 3. The Morgan fingerprint density at radius 3 is 2.61 bits per heavy atom. The van der Waals surface area contributed by atoms with Crippen LogP contribution >= 0.6 is 11.3 Å². The molecule has 1 aromatic carbocycles. The number of piperidine rings is 1. The molecule has 1 N–H and O–H groups in total. The maximum absolute atomic E-state index is 12.7. The number of amides is 1. The molecule has 0 radical (unpaired) electrons. The van der Waals surface area contributed by atoms with Crippen molar-refractivity contribution in [1.82, 2.24) is 13.6 Å². The number of thiazole rings is 1. The molecule has 9 nitrogen and oxygen atoms in total. The van der Waals surface area contributed by atoms with Crippen LogP contribution in [0.2, 0.25) is 0 Å². The Labute approximate surface area is 168 Å². The summed E-state index contributed by atoms with van der Waals surface area (Å²) in [6.07, 6.45) is 3.05. The monoisotopic (exact) mass is 446 g/mol. The number of rotatable bonds is 5. The second-order valence-corrected chi connectivity index (χ2v) is 11.9. The standard InChI is InChI=1S/C16H22N4O5S3/c1-19(2)28(24,25)11-7-8-12-14(10-11)26-16(17-12)18-15(21)13-6-4-5-9-20(13)27(3,22)23/h7-8,10,13H,4-6,9H2,1-3H3,(H,17,18,21)/t13-/m0/s1. The van der Waals surface area contributed by atoms with E-state index in [1.807, 2.05) is 0 Å². The van der Waals surface area contributed by atoms with E-state index >= 15 is 0 Å². The van der Waals surface area contributed by atoms with Crippen LogP contribution in [-0.4, -0.2) is 69.3 Å². The number of nitrogens with one attached hydrogen (secondary N) is 1. The van der Waals surface area contributed by atoms with Crippen molar-refractivity contribution in [2.24, 2.45) is 0 Å². The van der Waals surface area contributed by atoms with Crippen molar-refractivity contribution < 1.29 is 21.6 Å². The van der Waals surface area contributed by atoms with Gasteiger partial charge in [0.25, 0.3) is 0 Å². The Balaban J connectivity index is 1.85. The number of sulfonamides is 2. The number of hydrogen-bond donors (Lipinski definition) is 1. The Hall–Kier alpha value is -1.60. The van der Waals surface area contributed by atoms with Gasteiger partial charge in [-0.2, -0.15) is 4.31 Å².